The van der Waals surface area contributed by atoms with E-state index in [0.717, 1.165) is 37.8 Å². The Balaban J connectivity index is 1.32. The molecule has 2 saturated heterocycles. The zero-order valence-corrected chi connectivity index (χ0v) is 34.2. The lowest BCUT2D eigenvalue weighted by molar-refractivity contribution is -0.347. The largest absolute Gasteiger partial charge is 0.507 e. The molecule has 3 heterocycles. The summed E-state index contributed by atoms with van der Waals surface area (Å²) in [7, 11) is 0. The minimum atomic E-state index is -2.83. The maximum atomic E-state index is 13.2. The first-order valence-corrected chi connectivity index (χ1v) is 20.3. The van der Waals surface area contributed by atoms with Gasteiger partial charge in [-0.15, -0.1) is 5.10 Å². The Morgan fingerprint density at radius 3 is 2.30 bits per heavy atom. The van der Waals surface area contributed by atoms with Crippen LogP contribution in [-0.4, -0.2) is 183 Å². The van der Waals surface area contributed by atoms with Gasteiger partial charge in [0.15, 0.2) is 6.29 Å². The number of ether oxygens (including phenoxy) is 4. The molecule has 1 aliphatic carbocycles. The molecule has 2 amide bonds. The van der Waals surface area contributed by atoms with E-state index in [1.807, 2.05) is 0 Å². The van der Waals surface area contributed by atoms with E-state index >= 15 is 0 Å². The number of aromatic hydroxyl groups is 1. The Labute approximate surface area is 351 Å². The normalized spacial score (nSPS) is 30.5. The predicted octanol–water partition coefficient (Wildman–Crippen LogP) is -2.95. The van der Waals surface area contributed by atoms with Crippen molar-refractivity contribution in [1.29, 1.82) is 0 Å². The number of phenolic OH excluding ortho intramolecular Hbond substituents is 1. The molecule has 1 aromatic carbocycles. The highest BCUT2D eigenvalue weighted by atomic mass is 16.7. The van der Waals surface area contributed by atoms with Gasteiger partial charge in [0, 0.05) is 43.1 Å². The van der Waals surface area contributed by atoms with E-state index in [9.17, 15) is 65.4 Å². The molecule has 13 atom stereocenters. The van der Waals surface area contributed by atoms with Crippen LogP contribution in [0.2, 0.25) is 0 Å². The smallest absolute Gasteiger partial charge is 0.364 e. The fourth-order valence-corrected chi connectivity index (χ4v) is 7.84. The van der Waals surface area contributed by atoms with Crippen LogP contribution >= 0.6 is 0 Å². The third-order valence-electron chi connectivity index (χ3n) is 11.6. The Morgan fingerprint density at radius 2 is 1.66 bits per heavy atom. The van der Waals surface area contributed by atoms with E-state index in [1.54, 1.807) is 20.0 Å². The maximum Gasteiger partial charge on any atom is 0.364 e. The summed E-state index contributed by atoms with van der Waals surface area (Å²) in [4.78, 5) is 39.1. The number of hydrogen-bond acceptors (Lipinski definition) is 18. The molecule has 6 unspecified atom stereocenters. The summed E-state index contributed by atoms with van der Waals surface area (Å²) in [5.41, 5.74) is 1.72. The van der Waals surface area contributed by atoms with Crippen LogP contribution < -0.4 is 10.6 Å². The molecule has 0 bridgehead atoms. The number of aliphatic hydroxyl groups excluding tert-OH is 8. The van der Waals surface area contributed by atoms with Gasteiger partial charge in [-0.25, -0.2) is 9.48 Å². The van der Waals surface area contributed by atoms with Crippen molar-refractivity contribution >= 4 is 17.8 Å². The lowest BCUT2D eigenvalue weighted by atomic mass is 9.83. The molecule has 2 aromatic rings. The van der Waals surface area contributed by atoms with Gasteiger partial charge < -0.3 is 80.6 Å². The number of carbonyl (C=O) groups is 3. The van der Waals surface area contributed by atoms with Crippen LogP contribution in [0.5, 0.6) is 5.75 Å². The summed E-state index contributed by atoms with van der Waals surface area (Å²) in [5, 5.41) is 119. The highest BCUT2D eigenvalue weighted by molar-refractivity contribution is 5.94. The average molecular weight is 870 g/mol. The summed E-state index contributed by atoms with van der Waals surface area (Å²) in [6, 6.07) is 2.82. The Hall–Kier alpha value is -3.91. The van der Waals surface area contributed by atoms with Gasteiger partial charge in [0.2, 0.25) is 5.91 Å². The molecule has 61 heavy (non-hydrogen) atoms. The number of carboxylic acid groups (broad SMARTS) is 1. The number of nitrogens with zero attached hydrogens (tertiary/aromatic N) is 3. The van der Waals surface area contributed by atoms with Gasteiger partial charge in [0.25, 0.3) is 11.7 Å². The fraction of sp³-hybridized carbons (Fsp3) is 0.718. The van der Waals surface area contributed by atoms with Crippen LogP contribution in [0, 0.1) is 19.8 Å². The number of carboxylic acids is 1. The molecule has 1 saturated carbocycles. The van der Waals surface area contributed by atoms with Crippen molar-refractivity contribution in [3.05, 3.63) is 40.7 Å². The number of benzene rings is 1. The first-order chi connectivity index (χ1) is 28.8. The summed E-state index contributed by atoms with van der Waals surface area (Å²) in [6.07, 6.45) is -13.0. The van der Waals surface area contributed by atoms with Crippen molar-refractivity contribution in [2.75, 3.05) is 26.3 Å². The number of carbonyl (C=O) groups excluding carboxylic acids is 2. The highest BCUT2D eigenvalue weighted by Gasteiger charge is 2.56. The highest BCUT2D eigenvalue weighted by Crippen LogP contribution is 2.38. The number of hydrogen-bond donors (Lipinski definition) is 12. The minimum Gasteiger partial charge on any atom is -0.507 e. The Morgan fingerprint density at radius 1 is 0.984 bits per heavy atom. The van der Waals surface area contributed by atoms with Crippen LogP contribution in [0.4, 0.5) is 0 Å². The number of rotatable bonds is 18. The average Bonchev–Trinajstić information content (AvgIpc) is 3.71. The van der Waals surface area contributed by atoms with Crippen molar-refractivity contribution in [3.8, 4) is 5.75 Å². The SMILES string of the molecule is Cc1cc(C(=O)NC[C@@H](O)[C@@H](O)C2O[C@@](OCC3OC(O[C@@H](C)C(O)CO)[C@@H](O)C(O)[C@H]3O)(C(=O)O)CC(O)[C@H]2CNC(=O)Cn2cc(C3CCCCC3)nn2)cc(C)c1O. The molecule has 0 spiro atoms. The number of phenols is 1. The number of nitrogens with one attached hydrogen (secondary N) is 2. The summed E-state index contributed by atoms with van der Waals surface area (Å²) in [6.45, 7) is 1.59. The van der Waals surface area contributed by atoms with Gasteiger partial charge in [0.1, 0.15) is 48.9 Å². The van der Waals surface area contributed by atoms with Gasteiger partial charge in [-0.1, -0.05) is 24.5 Å². The molecule has 22 nitrogen and oxygen atoms in total. The second-order valence-electron chi connectivity index (χ2n) is 16.2. The van der Waals surface area contributed by atoms with E-state index in [4.69, 9.17) is 18.9 Å². The molecule has 5 rings (SSSR count). The van der Waals surface area contributed by atoms with Gasteiger partial charge in [-0.2, -0.15) is 0 Å². The van der Waals surface area contributed by atoms with E-state index < -0.39 is 130 Å². The first kappa shape index (κ1) is 48.1. The summed E-state index contributed by atoms with van der Waals surface area (Å²) in [5.74, 6) is -7.00. The van der Waals surface area contributed by atoms with E-state index in [0.29, 0.717) is 11.1 Å². The molecular formula is C39H59N5O17. The van der Waals surface area contributed by atoms with Crippen molar-refractivity contribution in [2.24, 2.45) is 5.92 Å². The van der Waals surface area contributed by atoms with Gasteiger partial charge in [-0.05, 0) is 56.9 Å². The standard InChI is InChI=1S/C39H59N5O17/c1-18-9-22(10-19(2)30(18)50)36(55)41-13-26(47)31(51)35-23(12-40-29(49)15-44-14-24(42-43-44)21-7-5-4-6-8-21)25(46)11-39(61-35,38(56)57)58-17-28-32(52)33(53)34(54)37(60-28)59-20(3)27(48)16-45/h9-10,14,20-21,23,25-28,31-35,37,45-48,50-54H,4-8,11-13,15-17H2,1-3H3,(H,40,49)(H,41,55)(H,56,57)/t20-,23+,25?,26+,27?,28?,31+,32-,33?,34-,35?,37?,39+/m0/s1. The maximum absolute atomic E-state index is 13.2. The third kappa shape index (κ3) is 11.6. The molecule has 0 radical (unpaired) electrons. The van der Waals surface area contributed by atoms with Crippen LogP contribution in [0.3, 0.4) is 0 Å². The molecule has 3 fully saturated rings. The summed E-state index contributed by atoms with van der Waals surface area (Å²) < 4.78 is 24.0. The zero-order valence-electron chi connectivity index (χ0n) is 34.2. The second-order valence-corrected chi connectivity index (χ2v) is 16.2. The van der Waals surface area contributed by atoms with Crippen LogP contribution in [0.25, 0.3) is 0 Å². The lowest BCUT2D eigenvalue weighted by Gasteiger charge is -2.47. The van der Waals surface area contributed by atoms with Crippen LogP contribution in [0.15, 0.2) is 18.3 Å². The molecule has 22 heteroatoms. The minimum absolute atomic E-state index is 0.00766. The van der Waals surface area contributed by atoms with Crippen molar-refractivity contribution in [1.82, 2.24) is 25.6 Å². The second kappa shape index (κ2) is 21.0. The topological polar surface area (TPSA) is 345 Å². The van der Waals surface area contributed by atoms with Crippen LogP contribution in [-0.2, 0) is 35.1 Å². The number of amides is 2. The number of aliphatic hydroxyl groups is 8. The van der Waals surface area contributed by atoms with Crippen molar-refractivity contribution < 1.29 is 84.4 Å². The number of aryl methyl sites for hydroxylation is 2. The van der Waals surface area contributed by atoms with Gasteiger partial charge in [-0.3, -0.25) is 9.59 Å². The Bertz CT molecular complexity index is 1770. The molecule has 342 valence electrons. The number of aromatic nitrogens is 3. The molecule has 12 N–H and O–H groups in total. The van der Waals surface area contributed by atoms with Crippen molar-refractivity contribution in [3.63, 3.8) is 0 Å². The van der Waals surface area contributed by atoms with Gasteiger partial charge >= 0.3 is 5.97 Å². The molecule has 1 aromatic heterocycles. The molecule has 3 aliphatic rings. The van der Waals surface area contributed by atoms with E-state index in [-0.39, 0.29) is 23.8 Å². The molecule has 2 aliphatic heterocycles. The fourth-order valence-electron chi connectivity index (χ4n) is 7.84. The summed E-state index contributed by atoms with van der Waals surface area (Å²) >= 11 is 0. The Kier molecular flexibility index (Phi) is 16.5. The van der Waals surface area contributed by atoms with E-state index in [2.05, 4.69) is 20.9 Å². The van der Waals surface area contributed by atoms with Crippen LogP contribution in [0.1, 0.15) is 78.5 Å². The predicted molar refractivity (Wildman–Crippen MR) is 206 cm³/mol. The third-order valence-corrected chi connectivity index (χ3v) is 11.6. The molecular weight excluding hydrogens is 810 g/mol. The number of aliphatic carboxylic acids is 1. The quantitative estimate of drug-likeness (QED) is 0.0712. The van der Waals surface area contributed by atoms with Crippen molar-refractivity contribution in [2.45, 2.75) is 145 Å². The lowest BCUT2D eigenvalue weighted by Crippen LogP contribution is -2.65. The van der Waals surface area contributed by atoms with Gasteiger partial charge in [0.05, 0.1) is 43.3 Å². The zero-order chi connectivity index (χ0) is 44.8. The monoisotopic (exact) mass is 869 g/mol. The first-order valence-electron chi connectivity index (χ1n) is 20.3. The van der Waals surface area contributed by atoms with E-state index in [1.165, 1.54) is 23.7 Å².